The van der Waals surface area contributed by atoms with Gasteiger partial charge < -0.3 is 0 Å². The highest BCUT2D eigenvalue weighted by molar-refractivity contribution is 6.35. The molecule has 0 rings (SSSR count). The molecule has 0 bridgehead atoms. The summed E-state index contributed by atoms with van der Waals surface area (Å²) in [6.45, 7) is 4.62. The Morgan fingerprint density at radius 3 is 0.677 bits per heavy atom. The van der Waals surface area contributed by atoms with E-state index in [1.54, 1.807) is 24.9 Å². The van der Waals surface area contributed by atoms with Crippen molar-refractivity contribution in [3.05, 3.63) is 0 Å². The van der Waals surface area contributed by atoms with Gasteiger partial charge in [0.15, 0.2) is 0 Å². The van der Waals surface area contributed by atoms with Gasteiger partial charge in [0.25, 0.3) is 0 Å². The van der Waals surface area contributed by atoms with E-state index >= 15 is 0 Å². The van der Waals surface area contributed by atoms with Gasteiger partial charge >= 0.3 is 0 Å². The van der Waals surface area contributed by atoms with Crippen molar-refractivity contribution in [3.63, 3.8) is 0 Å². The van der Waals surface area contributed by atoms with Crippen molar-refractivity contribution < 1.29 is 0 Å². The lowest BCUT2D eigenvalue weighted by Crippen LogP contribution is -1.90. The molecule has 0 radical (unpaired) electrons. The molecule has 188 valence electrons. The van der Waals surface area contributed by atoms with Gasteiger partial charge in [-0.25, -0.2) is 0 Å². The third-order valence-corrected chi connectivity index (χ3v) is 9.21. The van der Waals surface area contributed by atoms with Gasteiger partial charge in [0.05, 0.1) is 0 Å². The molecular weight excluding hydrogens is 388 g/mol. The second-order valence-corrected chi connectivity index (χ2v) is 12.7. The Labute approximate surface area is 202 Å². The summed E-state index contributed by atoms with van der Waals surface area (Å²) >= 11 is 0. The fraction of sp³-hybridized carbons (Fsp3) is 1.00. The lowest BCUT2D eigenvalue weighted by molar-refractivity contribution is 0.531. The van der Waals surface area contributed by atoms with Crippen LogP contribution in [-0.4, -0.2) is 9.52 Å². The number of hydrogen-bond donors (Lipinski definition) is 0. The Kier molecular flexibility index (Phi) is 30.4. The molecule has 0 spiro atoms. The van der Waals surface area contributed by atoms with Crippen LogP contribution in [0.1, 0.15) is 181 Å². The van der Waals surface area contributed by atoms with Crippen molar-refractivity contribution >= 4 is 9.52 Å². The second kappa shape index (κ2) is 30.2. The fourth-order valence-corrected chi connectivity index (χ4v) is 6.69. The lowest BCUT2D eigenvalue weighted by Gasteiger charge is -2.04. The predicted octanol–water partition coefficient (Wildman–Crippen LogP) is 11.2. The van der Waals surface area contributed by atoms with E-state index in [1.807, 2.05) is 0 Å². The number of hydrogen-bond acceptors (Lipinski definition) is 0. The highest BCUT2D eigenvalue weighted by Crippen LogP contribution is 2.15. The van der Waals surface area contributed by atoms with E-state index in [-0.39, 0.29) is 0 Å². The van der Waals surface area contributed by atoms with Crippen molar-refractivity contribution in [2.45, 2.75) is 193 Å². The summed E-state index contributed by atoms with van der Waals surface area (Å²) in [7, 11) is 0.293. The van der Waals surface area contributed by atoms with E-state index in [4.69, 9.17) is 0 Å². The minimum absolute atomic E-state index is 0.293. The minimum atomic E-state index is 0.293. The molecule has 0 fully saturated rings. The molecule has 0 saturated heterocycles. The minimum Gasteiger partial charge on any atom is -0.0654 e. The molecule has 0 heterocycles. The number of unbranched alkanes of at least 4 members (excludes halogenated alkanes) is 24. The molecular formula is C30H64Si. The Morgan fingerprint density at radius 2 is 0.452 bits per heavy atom. The van der Waals surface area contributed by atoms with Crippen LogP contribution >= 0.6 is 0 Å². The van der Waals surface area contributed by atoms with Crippen LogP contribution in [0.2, 0.25) is 12.1 Å². The van der Waals surface area contributed by atoms with E-state index in [0.717, 1.165) is 0 Å². The lowest BCUT2D eigenvalue weighted by atomic mass is 10.0. The van der Waals surface area contributed by atoms with Crippen LogP contribution in [0.4, 0.5) is 0 Å². The van der Waals surface area contributed by atoms with Crippen LogP contribution in [0.3, 0.4) is 0 Å². The molecule has 1 heteroatoms. The second-order valence-electron chi connectivity index (χ2n) is 10.5. The number of rotatable bonds is 28. The van der Waals surface area contributed by atoms with Gasteiger partial charge in [-0.2, -0.15) is 0 Å². The summed E-state index contributed by atoms with van der Waals surface area (Å²) in [6, 6.07) is 3.27. The predicted molar refractivity (Wildman–Crippen MR) is 150 cm³/mol. The summed E-state index contributed by atoms with van der Waals surface area (Å²) in [4.78, 5) is 0. The fourth-order valence-electron chi connectivity index (χ4n) is 4.92. The molecule has 0 aromatic rings. The van der Waals surface area contributed by atoms with Gasteiger partial charge in [0.2, 0.25) is 0 Å². The summed E-state index contributed by atoms with van der Waals surface area (Å²) in [6.07, 6.45) is 38.8. The molecule has 0 saturated carbocycles. The van der Waals surface area contributed by atoms with E-state index in [0.29, 0.717) is 9.52 Å². The van der Waals surface area contributed by atoms with Crippen LogP contribution in [0.15, 0.2) is 0 Å². The molecule has 0 nitrogen and oxygen atoms in total. The summed E-state index contributed by atoms with van der Waals surface area (Å²) in [5.41, 5.74) is 0. The van der Waals surface area contributed by atoms with Crippen LogP contribution in [0, 0.1) is 0 Å². The average molecular weight is 453 g/mol. The average Bonchev–Trinajstić information content (AvgIpc) is 2.78. The van der Waals surface area contributed by atoms with E-state index in [2.05, 4.69) is 13.8 Å². The molecule has 0 amide bonds. The van der Waals surface area contributed by atoms with E-state index in [9.17, 15) is 0 Å². The standard InChI is InChI=1S/C30H64Si/c1-3-5-7-9-11-13-15-16-17-18-19-20-22-24-26-28-30-31-29-27-25-23-21-14-12-10-8-6-4-2/h3-31H2,1-2H3. The van der Waals surface area contributed by atoms with Crippen LogP contribution in [0.25, 0.3) is 0 Å². The SMILES string of the molecule is CCCCCCCCCCCCCCCCCC[SiH2]CCCCCCCCCCCC. The van der Waals surface area contributed by atoms with Crippen molar-refractivity contribution in [1.29, 1.82) is 0 Å². The molecule has 0 aliphatic heterocycles. The first kappa shape index (κ1) is 31.2. The first-order chi connectivity index (χ1) is 15.4. The summed E-state index contributed by atoms with van der Waals surface area (Å²) in [5.74, 6) is 0. The highest BCUT2D eigenvalue weighted by atomic mass is 28.2. The van der Waals surface area contributed by atoms with Crippen LogP contribution in [-0.2, 0) is 0 Å². The highest BCUT2D eigenvalue weighted by Gasteiger charge is 1.96. The third kappa shape index (κ3) is 30.2. The molecule has 0 aromatic heterocycles. The molecule has 0 atom stereocenters. The Hall–Kier alpha value is 0.217. The van der Waals surface area contributed by atoms with Gasteiger partial charge in [-0.3, -0.25) is 0 Å². The van der Waals surface area contributed by atoms with Crippen molar-refractivity contribution in [2.24, 2.45) is 0 Å². The summed E-state index contributed by atoms with van der Waals surface area (Å²) < 4.78 is 0. The van der Waals surface area contributed by atoms with E-state index < -0.39 is 0 Å². The first-order valence-corrected chi connectivity index (χ1v) is 17.4. The van der Waals surface area contributed by atoms with E-state index in [1.165, 1.54) is 154 Å². The van der Waals surface area contributed by atoms with Crippen LogP contribution < -0.4 is 0 Å². The smallest absolute Gasteiger partial charge is 0.0197 e. The largest absolute Gasteiger partial charge is 0.0654 e. The monoisotopic (exact) mass is 452 g/mol. The zero-order valence-corrected chi connectivity index (χ0v) is 23.9. The Balaban J connectivity index is 2.98. The van der Waals surface area contributed by atoms with Gasteiger partial charge in [-0.05, 0) is 0 Å². The normalized spacial score (nSPS) is 11.8. The van der Waals surface area contributed by atoms with Gasteiger partial charge in [0, 0.05) is 9.52 Å². The van der Waals surface area contributed by atoms with Crippen molar-refractivity contribution in [3.8, 4) is 0 Å². The van der Waals surface area contributed by atoms with Gasteiger partial charge in [-0.1, -0.05) is 193 Å². The molecule has 0 aliphatic carbocycles. The zero-order chi connectivity index (χ0) is 22.5. The quantitative estimate of drug-likeness (QED) is 0.0817. The summed E-state index contributed by atoms with van der Waals surface area (Å²) in [5, 5.41) is 0. The molecule has 31 heavy (non-hydrogen) atoms. The maximum absolute atomic E-state index is 2.31. The molecule has 0 aliphatic rings. The molecule has 0 N–H and O–H groups in total. The Morgan fingerprint density at radius 1 is 0.258 bits per heavy atom. The third-order valence-electron chi connectivity index (χ3n) is 7.21. The van der Waals surface area contributed by atoms with Crippen LogP contribution in [0.5, 0.6) is 0 Å². The van der Waals surface area contributed by atoms with Gasteiger partial charge in [-0.15, -0.1) is 0 Å². The molecule has 0 unspecified atom stereocenters. The van der Waals surface area contributed by atoms with Crippen molar-refractivity contribution in [2.75, 3.05) is 0 Å². The maximum Gasteiger partial charge on any atom is 0.0197 e. The first-order valence-electron chi connectivity index (χ1n) is 15.4. The maximum atomic E-state index is 2.31. The Bertz CT molecular complexity index is 260. The zero-order valence-electron chi connectivity index (χ0n) is 22.5. The molecule has 0 aromatic carbocycles. The topological polar surface area (TPSA) is 0 Å². The van der Waals surface area contributed by atoms with Crippen molar-refractivity contribution in [1.82, 2.24) is 0 Å². The van der Waals surface area contributed by atoms with Gasteiger partial charge in [0.1, 0.15) is 0 Å².